The maximum Gasteiger partial charge on any atom is 0.166 e. The molecule has 0 aliphatic heterocycles. The first kappa shape index (κ1) is 7.42. The number of rotatable bonds is 1. The van der Waals surface area contributed by atoms with Crippen LogP contribution in [0.5, 0.6) is 0 Å². The normalized spacial score (nSPS) is 12.0. The molecule has 0 aromatic rings. The molecule has 3 heteroatoms. The first-order chi connectivity index (χ1) is 2.56. The quantitative estimate of drug-likeness (QED) is 0.579. The van der Waals surface area contributed by atoms with Crippen LogP contribution in [0.25, 0.3) is 0 Å². The maximum absolute atomic E-state index is 8.80. The molecule has 0 saturated carbocycles. The molecular weight excluding hydrogens is 306 g/mol. The first-order valence-corrected chi connectivity index (χ1v) is 3.82. The van der Waals surface area contributed by atoms with Crippen LogP contribution in [0.4, 0.5) is 0 Å². The molecule has 0 aliphatic carbocycles. The van der Waals surface area contributed by atoms with Crippen molar-refractivity contribution >= 4 is 45.2 Å². The molecule has 0 aromatic heterocycles. The summed E-state index contributed by atoms with van der Waals surface area (Å²) in [5, 5.41) is 8.80. The van der Waals surface area contributed by atoms with Gasteiger partial charge in [-0.15, -0.1) is 0 Å². The summed E-state index contributed by atoms with van der Waals surface area (Å²) < 4.78 is -0.518. The van der Waals surface area contributed by atoms with Crippen molar-refractivity contribution in [2.24, 2.45) is 0 Å². The number of alkyl halides is 2. The Hall–Kier alpha value is 1.42. The molecule has 0 atom stereocenters. The summed E-state index contributed by atoms with van der Waals surface area (Å²) in [6, 6.07) is 0. The fourth-order valence-corrected chi connectivity index (χ4v) is 0. The van der Waals surface area contributed by atoms with E-state index >= 15 is 0 Å². The molecule has 0 heterocycles. The molecule has 0 unspecified atom stereocenters. The molecule has 0 saturated heterocycles. The van der Waals surface area contributed by atoms with Crippen molar-refractivity contribution in [1.29, 1.82) is 0 Å². The average molecular weight is 312 g/mol. The van der Waals surface area contributed by atoms with E-state index in [1.807, 2.05) is 52.1 Å². The first-order valence-electron chi connectivity index (χ1n) is 1.66. The Labute approximate surface area is 64.8 Å². The van der Waals surface area contributed by atoms with Crippen molar-refractivity contribution < 1.29 is 5.11 Å². The fraction of sp³-hybridized carbons (Fsp3) is 1.00. The van der Waals surface area contributed by atoms with Crippen LogP contribution >= 0.6 is 45.2 Å². The van der Waals surface area contributed by atoms with Gasteiger partial charge in [-0.2, -0.15) is 0 Å². The van der Waals surface area contributed by atoms with E-state index < -0.39 is 1.61 Å². The highest BCUT2D eigenvalue weighted by atomic mass is 127. The van der Waals surface area contributed by atoms with Crippen LogP contribution in [0.1, 0.15) is 13.3 Å². The van der Waals surface area contributed by atoms with Gasteiger partial charge in [-0.05, 0) is 51.6 Å². The molecule has 6 heavy (non-hydrogen) atoms. The summed E-state index contributed by atoms with van der Waals surface area (Å²) in [6.07, 6.45) is 0.800. The lowest BCUT2D eigenvalue weighted by Gasteiger charge is -2.06. The predicted octanol–water partition coefficient (Wildman–Crippen LogP) is 1.91. The van der Waals surface area contributed by atoms with Gasteiger partial charge in [0.2, 0.25) is 0 Å². The van der Waals surface area contributed by atoms with E-state index in [0.717, 1.165) is 6.42 Å². The molecule has 0 aliphatic rings. The van der Waals surface area contributed by atoms with Crippen LogP contribution in [0.2, 0.25) is 0 Å². The SMILES string of the molecule is CCC(O)(I)I. The van der Waals surface area contributed by atoms with E-state index in [-0.39, 0.29) is 0 Å². The minimum Gasteiger partial charge on any atom is -0.371 e. The molecule has 0 fully saturated rings. The van der Waals surface area contributed by atoms with Gasteiger partial charge in [0.1, 0.15) is 0 Å². The highest BCUT2D eigenvalue weighted by Gasteiger charge is 2.11. The largest absolute Gasteiger partial charge is 0.371 e. The third-order valence-electron chi connectivity index (χ3n) is 0.425. The molecule has 0 aromatic carbocycles. The van der Waals surface area contributed by atoms with Crippen LogP contribution in [0.15, 0.2) is 0 Å². The number of hydrogen-bond acceptors (Lipinski definition) is 1. The number of hydrogen-bond donors (Lipinski definition) is 1. The van der Waals surface area contributed by atoms with Gasteiger partial charge in [0.15, 0.2) is 1.61 Å². The Bertz CT molecular complexity index is 38.5. The topological polar surface area (TPSA) is 20.2 Å². The third-order valence-corrected chi connectivity index (χ3v) is 1.95. The second kappa shape index (κ2) is 2.66. The van der Waals surface area contributed by atoms with E-state index in [1.54, 1.807) is 0 Å². The zero-order valence-corrected chi connectivity index (χ0v) is 7.73. The predicted molar refractivity (Wildman–Crippen MR) is 43.3 cm³/mol. The Kier molecular flexibility index (Phi) is 3.29. The lowest BCUT2D eigenvalue weighted by Crippen LogP contribution is -2.04. The minimum absolute atomic E-state index is 0.518. The highest BCUT2D eigenvalue weighted by Crippen LogP contribution is 2.26. The van der Waals surface area contributed by atoms with Crippen LogP contribution in [0.3, 0.4) is 0 Å². The van der Waals surface area contributed by atoms with Gasteiger partial charge in [-0.1, -0.05) is 6.92 Å². The van der Waals surface area contributed by atoms with Gasteiger partial charge in [0.05, 0.1) is 0 Å². The summed E-state index contributed by atoms with van der Waals surface area (Å²) in [7, 11) is 0. The van der Waals surface area contributed by atoms with E-state index in [9.17, 15) is 0 Å². The van der Waals surface area contributed by atoms with Gasteiger partial charge in [0.25, 0.3) is 0 Å². The summed E-state index contributed by atoms with van der Waals surface area (Å²) in [6.45, 7) is 1.94. The molecule has 0 spiro atoms. The average Bonchev–Trinajstić information content (AvgIpc) is 1.35. The van der Waals surface area contributed by atoms with Crippen LogP contribution < -0.4 is 0 Å². The van der Waals surface area contributed by atoms with Gasteiger partial charge in [-0.25, -0.2) is 0 Å². The molecule has 0 bridgehead atoms. The van der Waals surface area contributed by atoms with E-state index in [2.05, 4.69) is 0 Å². The molecule has 1 nitrogen and oxygen atoms in total. The Balaban J connectivity index is 3.17. The second-order valence-electron chi connectivity index (χ2n) is 1.02. The van der Waals surface area contributed by atoms with Crippen molar-refractivity contribution in [1.82, 2.24) is 0 Å². The minimum atomic E-state index is -0.518. The zero-order valence-electron chi connectivity index (χ0n) is 3.41. The van der Waals surface area contributed by atoms with Gasteiger partial charge in [-0.3, -0.25) is 0 Å². The van der Waals surface area contributed by atoms with Gasteiger partial charge in [0, 0.05) is 0 Å². The Morgan fingerprint density at radius 2 is 1.83 bits per heavy atom. The lowest BCUT2D eigenvalue weighted by molar-refractivity contribution is 0.260. The van der Waals surface area contributed by atoms with Crippen LogP contribution in [0, 0.1) is 0 Å². The van der Waals surface area contributed by atoms with Crippen molar-refractivity contribution in [3.8, 4) is 0 Å². The van der Waals surface area contributed by atoms with E-state index in [1.165, 1.54) is 0 Å². The molecule has 0 amide bonds. The number of aliphatic hydroxyl groups is 1. The fourth-order valence-electron chi connectivity index (χ4n) is 0. The second-order valence-corrected chi connectivity index (χ2v) is 6.65. The van der Waals surface area contributed by atoms with Gasteiger partial charge < -0.3 is 5.11 Å². The summed E-state index contributed by atoms with van der Waals surface area (Å²) >= 11 is 3.97. The number of halogens is 2. The van der Waals surface area contributed by atoms with Crippen molar-refractivity contribution in [3.05, 3.63) is 0 Å². The highest BCUT2D eigenvalue weighted by molar-refractivity contribution is 14.2. The zero-order chi connectivity index (χ0) is 5.21. The van der Waals surface area contributed by atoms with Crippen molar-refractivity contribution in [3.63, 3.8) is 0 Å². The van der Waals surface area contributed by atoms with Gasteiger partial charge >= 0.3 is 0 Å². The smallest absolute Gasteiger partial charge is 0.166 e. The summed E-state index contributed by atoms with van der Waals surface area (Å²) in [5.41, 5.74) is 0. The van der Waals surface area contributed by atoms with Crippen LogP contribution in [-0.4, -0.2) is 6.72 Å². The monoisotopic (exact) mass is 312 g/mol. The molecular formula is C3H6I2O. The van der Waals surface area contributed by atoms with Crippen molar-refractivity contribution in [2.45, 2.75) is 15.0 Å². The maximum atomic E-state index is 8.80. The lowest BCUT2D eigenvalue weighted by atomic mass is 10.5. The molecule has 38 valence electrons. The Morgan fingerprint density at radius 3 is 1.83 bits per heavy atom. The third kappa shape index (κ3) is 5.42. The van der Waals surface area contributed by atoms with E-state index in [4.69, 9.17) is 5.11 Å². The molecule has 0 radical (unpaired) electrons. The summed E-state index contributed by atoms with van der Waals surface area (Å²) in [4.78, 5) is 0. The summed E-state index contributed by atoms with van der Waals surface area (Å²) in [5.74, 6) is 0. The standard InChI is InChI=1S/C3H6I2O/c1-2-3(4,5)6/h6H,2H2,1H3. The van der Waals surface area contributed by atoms with Crippen LogP contribution in [-0.2, 0) is 0 Å². The van der Waals surface area contributed by atoms with E-state index in [0.29, 0.717) is 0 Å². The molecule has 1 N–H and O–H groups in total. The Morgan fingerprint density at radius 1 is 1.67 bits per heavy atom. The van der Waals surface area contributed by atoms with Crippen molar-refractivity contribution in [2.75, 3.05) is 0 Å². The molecule has 0 rings (SSSR count).